The molecule has 23 heavy (non-hydrogen) atoms. The minimum Gasteiger partial charge on any atom is -0.469 e. The first-order valence-electron chi connectivity index (χ1n) is 7.67. The fourth-order valence-corrected chi connectivity index (χ4v) is 3.77. The Kier molecular flexibility index (Phi) is 5.42. The summed E-state index contributed by atoms with van der Waals surface area (Å²) >= 11 is 0. The number of rotatable bonds is 3. The van der Waals surface area contributed by atoms with Crippen LogP contribution in [0.3, 0.4) is 0 Å². The van der Waals surface area contributed by atoms with Gasteiger partial charge < -0.3 is 9.47 Å². The number of benzene rings is 1. The van der Waals surface area contributed by atoms with Crippen LogP contribution in [-0.4, -0.2) is 49.2 Å². The zero-order chi connectivity index (χ0) is 15.7. The molecule has 2 heterocycles. The molecule has 0 aliphatic carbocycles. The number of carbonyl (C=O) groups is 2. The maximum Gasteiger partial charge on any atom is 0.338 e. The van der Waals surface area contributed by atoms with Crippen molar-refractivity contribution in [3.8, 4) is 0 Å². The Labute approximate surface area is 137 Å². The second-order valence-corrected chi connectivity index (χ2v) is 6.06. The van der Waals surface area contributed by atoms with Gasteiger partial charge in [-0.3, -0.25) is 9.69 Å². The molecule has 0 spiro atoms. The van der Waals surface area contributed by atoms with Crippen LogP contribution in [0.4, 0.5) is 0 Å². The van der Waals surface area contributed by atoms with Gasteiger partial charge >= 0.3 is 11.9 Å². The standard InChI is InChI=1S/C17H21NO4.CH4/c1-18-12-8-9-13(18)15(17(20)21-2)14(10-12)22-16(19)11-6-4-3-5-7-11;/h3-7,12-15H,8-10H2,1-2H3;1H4/t12-,13+,14-,15+;/m0./s1/i;1+1. The van der Waals surface area contributed by atoms with Gasteiger partial charge in [-0.25, -0.2) is 4.79 Å². The third kappa shape index (κ3) is 3.24. The van der Waals surface area contributed by atoms with Crippen LogP contribution >= 0.6 is 0 Å². The van der Waals surface area contributed by atoms with Crippen molar-refractivity contribution in [1.82, 2.24) is 4.90 Å². The van der Waals surface area contributed by atoms with Gasteiger partial charge in [-0.2, -0.15) is 0 Å². The molecule has 2 saturated heterocycles. The first-order chi connectivity index (χ1) is 10.6. The summed E-state index contributed by atoms with van der Waals surface area (Å²) in [4.78, 5) is 26.7. The van der Waals surface area contributed by atoms with Gasteiger partial charge in [0.2, 0.25) is 0 Å². The lowest BCUT2D eigenvalue weighted by Gasteiger charge is -2.40. The largest absolute Gasteiger partial charge is 0.469 e. The number of hydrogen-bond donors (Lipinski definition) is 0. The topological polar surface area (TPSA) is 55.8 Å². The predicted molar refractivity (Wildman–Crippen MR) is 87.1 cm³/mol. The molecule has 1 aromatic carbocycles. The van der Waals surface area contributed by atoms with E-state index < -0.39 is 12.0 Å². The summed E-state index contributed by atoms with van der Waals surface area (Å²) < 4.78 is 10.6. The van der Waals surface area contributed by atoms with Crippen molar-refractivity contribution in [3.05, 3.63) is 35.9 Å². The minimum absolute atomic E-state index is 0. The van der Waals surface area contributed by atoms with Crippen molar-refractivity contribution in [2.75, 3.05) is 14.2 Å². The van der Waals surface area contributed by atoms with Gasteiger partial charge in [0.15, 0.2) is 0 Å². The summed E-state index contributed by atoms with van der Waals surface area (Å²) in [5.74, 6) is -1.06. The second kappa shape index (κ2) is 7.13. The van der Waals surface area contributed by atoms with Gasteiger partial charge in [0.25, 0.3) is 0 Å². The highest BCUT2D eigenvalue weighted by atomic mass is 16.6. The number of hydrogen-bond acceptors (Lipinski definition) is 5. The quantitative estimate of drug-likeness (QED) is 0.633. The number of nitrogens with zero attached hydrogens (tertiary/aromatic N) is 1. The number of ether oxygens (including phenoxy) is 2. The van der Waals surface area contributed by atoms with Gasteiger partial charge in [0.1, 0.15) is 12.0 Å². The van der Waals surface area contributed by atoms with E-state index in [1.807, 2.05) is 13.1 Å². The molecular weight excluding hydrogens is 295 g/mol. The zero-order valence-corrected chi connectivity index (χ0v) is 12.9. The molecule has 0 saturated carbocycles. The van der Waals surface area contributed by atoms with Crippen LogP contribution in [0.1, 0.15) is 37.0 Å². The monoisotopic (exact) mass is 320 g/mol. The van der Waals surface area contributed by atoms with Crippen molar-refractivity contribution >= 4 is 11.9 Å². The van der Waals surface area contributed by atoms with Gasteiger partial charge in [-0.15, -0.1) is 0 Å². The predicted octanol–water partition coefficient (Wildman–Crippen LogP) is 2.50. The van der Waals surface area contributed by atoms with Crippen LogP contribution in [-0.2, 0) is 14.3 Å². The maximum atomic E-state index is 12.3. The van der Waals surface area contributed by atoms with E-state index in [0.29, 0.717) is 18.0 Å². The molecule has 0 amide bonds. The van der Waals surface area contributed by atoms with Gasteiger partial charge in [0.05, 0.1) is 12.7 Å². The SMILES string of the molecule is COC(=O)[C@H]1[C@@H](OC(=O)c2ccccc2)C[C@@H]2CC[C@H]1N2C.[13CH4]. The molecule has 126 valence electrons. The first-order valence-corrected chi connectivity index (χ1v) is 7.67. The van der Waals surface area contributed by atoms with Crippen molar-refractivity contribution in [3.63, 3.8) is 0 Å². The number of esters is 2. The van der Waals surface area contributed by atoms with E-state index in [1.165, 1.54) is 7.11 Å². The van der Waals surface area contributed by atoms with Crippen molar-refractivity contribution in [2.45, 2.75) is 44.9 Å². The molecule has 0 aromatic heterocycles. The minimum atomic E-state index is -0.408. The van der Waals surface area contributed by atoms with E-state index >= 15 is 0 Å². The van der Waals surface area contributed by atoms with E-state index in [2.05, 4.69) is 4.90 Å². The number of carbonyl (C=O) groups excluding carboxylic acids is 2. The zero-order valence-electron chi connectivity index (χ0n) is 12.9. The summed E-state index contributed by atoms with van der Waals surface area (Å²) in [6, 6.07) is 9.36. The highest BCUT2D eigenvalue weighted by Gasteiger charge is 2.50. The van der Waals surface area contributed by atoms with Gasteiger partial charge in [-0.05, 0) is 32.0 Å². The summed E-state index contributed by atoms with van der Waals surface area (Å²) in [7, 11) is 3.42. The van der Waals surface area contributed by atoms with Gasteiger partial charge in [-0.1, -0.05) is 25.6 Å². The van der Waals surface area contributed by atoms with Crippen LogP contribution in [0.15, 0.2) is 30.3 Å². The van der Waals surface area contributed by atoms with Crippen LogP contribution in [0.2, 0.25) is 0 Å². The molecule has 2 bridgehead atoms. The summed E-state index contributed by atoms with van der Waals surface area (Å²) in [6.07, 6.45) is 2.26. The smallest absolute Gasteiger partial charge is 0.338 e. The third-order valence-electron chi connectivity index (χ3n) is 4.96. The fraction of sp³-hybridized carbons (Fsp3) is 0.556. The average Bonchev–Trinajstić information content (AvgIpc) is 2.78. The van der Waals surface area contributed by atoms with Crippen LogP contribution in [0.25, 0.3) is 0 Å². The number of piperidine rings is 1. The van der Waals surface area contributed by atoms with E-state index in [9.17, 15) is 9.59 Å². The molecule has 1 aromatic rings. The molecule has 2 aliphatic rings. The Hall–Kier alpha value is -1.88. The van der Waals surface area contributed by atoms with Crippen molar-refractivity contribution in [2.24, 2.45) is 5.92 Å². The van der Waals surface area contributed by atoms with Crippen molar-refractivity contribution < 1.29 is 19.1 Å². The Balaban J connectivity index is 0.00000192. The molecule has 0 N–H and O–H groups in total. The summed E-state index contributed by atoms with van der Waals surface area (Å²) in [5, 5.41) is 0. The molecule has 0 radical (unpaired) electrons. The van der Waals surface area contributed by atoms with E-state index in [0.717, 1.165) is 12.8 Å². The number of methoxy groups -OCH3 is 1. The number of fused-ring (bicyclic) bond motifs is 2. The normalized spacial score (nSPS) is 29.5. The third-order valence-corrected chi connectivity index (χ3v) is 4.96. The molecule has 3 rings (SSSR count). The average molecular weight is 320 g/mol. The molecule has 2 aliphatic heterocycles. The Morgan fingerprint density at radius 1 is 1.17 bits per heavy atom. The Morgan fingerprint density at radius 2 is 1.87 bits per heavy atom. The molecule has 5 heteroatoms. The van der Waals surface area contributed by atoms with Gasteiger partial charge in [0, 0.05) is 18.5 Å². The van der Waals surface area contributed by atoms with E-state index in [-0.39, 0.29) is 25.4 Å². The van der Waals surface area contributed by atoms with Crippen molar-refractivity contribution in [1.29, 1.82) is 0 Å². The van der Waals surface area contributed by atoms with Crippen LogP contribution in [0.5, 0.6) is 0 Å². The van der Waals surface area contributed by atoms with E-state index in [1.54, 1.807) is 24.3 Å². The lowest BCUT2D eigenvalue weighted by atomic mass is 9.87. The molecule has 0 unspecified atom stereocenters. The fourth-order valence-electron chi connectivity index (χ4n) is 3.77. The lowest BCUT2D eigenvalue weighted by molar-refractivity contribution is -0.156. The van der Waals surface area contributed by atoms with E-state index in [4.69, 9.17) is 9.47 Å². The maximum absolute atomic E-state index is 12.3. The molecule has 5 nitrogen and oxygen atoms in total. The second-order valence-electron chi connectivity index (χ2n) is 6.06. The van der Waals surface area contributed by atoms with Crippen LogP contribution in [0, 0.1) is 5.92 Å². The van der Waals surface area contributed by atoms with Crippen LogP contribution < -0.4 is 0 Å². The molecule has 4 atom stereocenters. The molecular formula is C18H25NO4. The Bertz CT molecular complexity index is 559. The summed E-state index contributed by atoms with van der Waals surface area (Å²) in [5.41, 5.74) is 0.511. The first kappa shape index (κ1) is 17.5. The summed E-state index contributed by atoms with van der Waals surface area (Å²) in [6.45, 7) is 0. The highest BCUT2D eigenvalue weighted by Crippen LogP contribution is 2.40. The lowest BCUT2D eigenvalue weighted by Crippen LogP contribution is -2.53. The Morgan fingerprint density at radius 3 is 2.52 bits per heavy atom. The molecule has 2 fully saturated rings. The highest BCUT2D eigenvalue weighted by molar-refractivity contribution is 5.89.